The maximum Gasteiger partial charge on any atom is 0.142 e. The second-order valence-corrected chi connectivity index (χ2v) is 5.68. The van der Waals surface area contributed by atoms with Crippen LogP contribution in [0.1, 0.15) is 16.8 Å². The number of nitriles is 1. The van der Waals surface area contributed by atoms with E-state index in [1.807, 2.05) is 24.3 Å². The zero-order chi connectivity index (χ0) is 16.7. The van der Waals surface area contributed by atoms with Crippen molar-refractivity contribution in [3.8, 4) is 34.2 Å². The van der Waals surface area contributed by atoms with Crippen LogP contribution in [0.3, 0.4) is 0 Å². The van der Waals surface area contributed by atoms with Crippen molar-refractivity contribution in [1.29, 1.82) is 5.26 Å². The van der Waals surface area contributed by atoms with E-state index in [0.717, 1.165) is 52.2 Å². The zero-order valence-corrected chi connectivity index (χ0v) is 13.1. The van der Waals surface area contributed by atoms with Crippen molar-refractivity contribution in [3.05, 3.63) is 47.3 Å². The van der Waals surface area contributed by atoms with Crippen LogP contribution < -0.4 is 10.5 Å². The van der Waals surface area contributed by atoms with Crippen LogP contribution in [0, 0.1) is 11.3 Å². The predicted octanol–water partition coefficient (Wildman–Crippen LogP) is 2.70. The van der Waals surface area contributed by atoms with Crippen molar-refractivity contribution in [2.24, 2.45) is 0 Å². The van der Waals surface area contributed by atoms with E-state index in [-0.39, 0.29) is 5.82 Å². The number of nitrogens with one attached hydrogen (secondary N) is 1. The molecule has 3 aromatic rings. The van der Waals surface area contributed by atoms with E-state index in [9.17, 15) is 5.26 Å². The number of hydrogen-bond donors (Lipinski definition) is 2. The molecular weight excluding hydrogens is 302 g/mol. The minimum atomic E-state index is 0.239. The molecule has 3 N–H and O–H groups in total. The van der Waals surface area contributed by atoms with Gasteiger partial charge < -0.3 is 10.5 Å². The number of nitrogens with zero attached hydrogens (tertiary/aromatic N) is 3. The third-order valence-corrected chi connectivity index (χ3v) is 4.39. The number of nitrogen functional groups attached to an aromatic ring is 1. The monoisotopic (exact) mass is 317 g/mol. The van der Waals surface area contributed by atoms with Crippen LogP contribution in [0.25, 0.3) is 22.4 Å². The van der Waals surface area contributed by atoms with Crippen LogP contribution in [-0.4, -0.2) is 22.3 Å². The number of ether oxygens (including phenoxy) is 1. The Morgan fingerprint density at radius 1 is 1.33 bits per heavy atom. The molecule has 6 heteroatoms. The van der Waals surface area contributed by atoms with Gasteiger partial charge in [0.15, 0.2) is 0 Å². The van der Waals surface area contributed by atoms with E-state index >= 15 is 0 Å². The normalized spacial score (nSPS) is 12.2. The van der Waals surface area contributed by atoms with Crippen LogP contribution in [0.4, 0.5) is 5.82 Å². The average molecular weight is 317 g/mol. The molecule has 0 saturated carbocycles. The molecule has 0 aliphatic heterocycles. The van der Waals surface area contributed by atoms with Gasteiger partial charge in [0, 0.05) is 16.8 Å². The number of fused-ring (bicyclic) bond motifs is 3. The Hall–Kier alpha value is -3.33. The average Bonchev–Trinajstić information content (AvgIpc) is 3.09. The van der Waals surface area contributed by atoms with Gasteiger partial charge in [0.25, 0.3) is 0 Å². The number of H-pyrrole nitrogens is 1. The van der Waals surface area contributed by atoms with Gasteiger partial charge in [0.05, 0.1) is 19.0 Å². The maximum atomic E-state index is 9.62. The molecule has 6 nitrogen and oxygen atoms in total. The minimum Gasteiger partial charge on any atom is -0.497 e. The van der Waals surface area contributed by atoms with Gasteiger partial charge in [0.2, 0.25) is 0 Å². The summed E-state index contributed by atoms with van der Waals surface area (Å²) in [7, 11) is 1.62. The van der Waals surface area contributed by atoms with Crippen molar-refractivity contribution in [2.75, 3.05) is 12.8 Å². The molecular formula is C18H15N5O. The Morgan fingerprint density at radius 2 is 2.21 bits per heavy atom. The van der Waals surface area contributed by atoms with E-state index in [1.54, 1.807) is 13.3 Å². The summed E-state index contributed by atoms with van der Waals surface area (Å²) in [4.78, 5) is 4.49. The van der Waals surface area contributed by atoms with Crippen LogP contribution in [0.5, 0.6) is 5.75 Å². The van der Waals surface area contributed by atoms with Crippen molar-refractivity contribution < 1.29 is 4.74 Å². The van der Waals surface area contributed by atoms with E-state index < -0.39 is 0 Å². The number of methoxy groups -OCH3 is 1. The first-order valence-electron chi connectivity index (χ1n) is 7.62. The Morgan fingerprint density at radius 3 is 3.00 bits per heavy atom. The molecule has 0 saturated heterocycles. The lowest BCUT2D eigenvalue weighted by Gasteiger charge is -2.21. The first kappa shape index (κ1) is 14.3. The first-order valence-corrected chi connectivity index (χ1v) is 7.62. The first-order chi connectivity index (χ1) is 11.7. The molecule has 0 atom stereocenters. The highest BCUT2D eigenvalue weighted by molar-refractivity contribution is 5.86. The number of benzene rings is 1. The molecule has 2 aromatic heterocycles. The standard InChI is InChI=1S/C18H15N5O/c1-24-11-4-2-3-10(7-11)16-12-5-6-15-14(9-21-23-15)17(12)22-18(20)13(16)8-19/h2-4,7,9H,5-6H2,1H3,(H2,20,22)(H,21,23). The largest absolute Gasteiger partial charge is 0.497 e. The number of aromatic amines is 1. The third-order valence-electron chi connectivity index (χ3n) is 4.39. The Kier molecular flexibility index (Phi) is 3.21. The topological polar surface area (TPSA) is 101 Å². The zero-order valence-electron chi connectivity index (χ0n) is 13.1. The van der Waals surface area contributed by atoms with Gasteiger partial charge in [-0.25, -0.2) is 4.98 Å². The second kappa shape index (κ2) is 5.39. The summed E-state index contributed by atoms with van der Waals surface area (Å²) < 4.78 is 5.32. The van der Waals surface area contributed by atoms with Gasteiger partial charge in [0.1, 0.15) is 23.2 Å². The number of hydrogen-bond acceptors (Lipinski definition) is 5. The van der Waals surface area contributed by atoms with Crippen molar-refractivity contribution in [2.45, 2.75) is 12.8 Å². The molecule has 0 radical (unpaired) electrons. The summed E-state index contributed by atoms with van der Waals surface area (Å²) >= 11 is 0. The quantitative estimate of drug-likeness (QED) is 0.757. The third kappa shape index (κ3) is 2.02. The fraction of sp³-hybridized carbons (Fsp3) is 0.167. The van der Waals surface area contributed by atoms with Gasteiger partial charge in [-0.3, -0.25) is 5.10 Å². The molecule has 0 amide bonds. The SMILES string of the molecule is COc1cccc(-c2c(C#N)c(N)nc3c2CCc2[nH]ncc2-3)c1. The Labute approximate surface area is 138 Å². The van der Waals surface area contributed by atoms with Crippen LogP contribution in [0.2, 0.25) is 0 Å². The van der Waals surface area contributed by atoms with Gasteiger partial charge in [-0.15, -0.1) is 0 Å². The Bertz CT molecular complexity index is 984. The van der Waals surface area contributed by atoms with E-state index in [2.05, 4.69) is 21.3 Å². The maximum absolute atomic E-state index is 9.62. The van der Waals surface area contributed by atoms with Gasteiger partial charge in [-0.1, -0.05) is 12.1 Å². The van der Waals surface area contributed by atoms with Crippen molar-refractivity contribution in [1.82, 2.24) is 15.2 Å². The molecule has 0 unspecified atom stereocenters. The molecule has 4 rings (SSSR count). The summed E-state index contributed by atoms with van der Waals surface area (Å²) in [6.07, 6.45) is 3.37. The second-order valence-electron chi connectivity index (χ2n) is 5.68. The molecule has 1 aliphatic rings. The minimum absolute atomic E-state index is 0.239. The number of nitrogens with two attached hydrogens (primary N) is 1. The van der Waals surface area contributed by atoms with Gasteiger partial charge in [-0.2, -0.15) is 10.4 Å². The van der Waals surface area contributed by atoms with Crippen LogP contribution in [-0.2, 0) is 12.8 Å². The lowest BCUT2D eigenvalue weighted by Crippen LogP contribution is -2.11. The summed E-state index contributed by atoms with van der Waals surface area (Å²) in [6, 6.07) is 9.88. The molecule has 0 fully saturated rings. The lowest BCUT2D eigenvalue weighted by atomic mass is 9.86. The van der Waals surface area contributed by atoms with Crippen molar-refractivity contribution >= 4 is 5.82 Å². The molecule has 24 heavy (non-hydrogen) atoms. The number of aryl methyl sites for hydroxylation is 1. The molecule has 0 bridgehead atoms. The molecule has 2 heterocycles. The van der Waals surface area contributed by atoms with E-state index in [4.69, 9.17) is 10.5 Å². The molecule has 1 aromatic carbocycles. The van der Waals surface area contributed by atoms with E-state index in [1.165, 1.54) is 0 Å². The molecule has 0 spiro atoms. The lowest BCUT2D eigenvalue weighted by molar-refractivity contribution is 0.415. The highest BCUT2D eigenvalue weighted by Crippen LogP contribution is 2.41. The summed E-state index contributed by atoms with van der Waals surface area (Å²) in [6.45, 7) is 0. The fourth-order valence-corrected chi connectivity index (χ4v) is 3.28. The highest BCUT2D eigenvalue weighted by Gasteiger charge is 2.26. The number of aromatic nitrogens is 3. The van der Waals surface area contributed by atoms with Crippen LogP contribution >= 0.6 is 0 Å². The Balaban J connectivity index is 2.05. The van der Waals surface area contributed by atoms with E-state index in [0.29, 0.717) is 5.56 Å². The fourth-order valence-electron chi connectivity index (χ4n) is 3.28. The van der Waals surface area contributed by atoms with Gasteiger partial charge >= 0.3 is 0 Å². The van der Waals surface area contributed by atoms with Crippen molar-refractivity contribution in [3.63, 3.8) is 0 Å². The molecule has 118 valence electrons. The smallest absolute Gasteiger partial charge is 0.142 e. The summed E-state index contributed by atoms with van der Waals surface area (Å²) in [5, 5.41) is 16.7. The predicted molar refractivity (Wildman–Crippen MR) is 90.3 cm³/mol. The number of anilines is 1. The van der Waals surface area contributed by atoms with Gasteiger partial charge in [-0.05, 0) is 36.1 Å². The number of pyridine rings is 1. The summed E-state index contributed by atoms with van der Waals surface area (Å²) in [5.74, 6) is 0.975. The molecule has 1 aliphatic carbocycles. The number of rotatable bonds is 2. The highest BCUT2D eigenvalue weighted by atomic mass is 16.5. The summed E-state index contributed by atoms with van der Waals surface area (Å²) in [5.41, 5.74) is 12.1. The van der Waals surface area contributed by atoms with Crippen LogP contribution in [0.15, 0.2) is 30.5 Å².